The van der Waals surface area contributed by atoms with Gasteiger partial charge in [0.05, 0.1) is 31.2 Å². The summed E-state index contributed by atoms with van der Waals surface area (Å²) in [5.41, 5.74) is 1.52. The van der Waals surface area contributed by atoms with Crippen molar-refractivity contribution in [2.24, 2.45) is 10.9 Å². The first-order valence-electron chi connectivity index (χ1n) is 9.39. The third-order valence-corrected chi connectivity index (χ3v) is 5.24. The van der Waals surface area contributed by atoms with Crippen LogP contribution in [0.15, 0.2) is 53.5 Å². The van der Waals surface area contributed by atoms with Crippen molar-refractivity contribution < 1.29 is 23.8 Å². The number of carbonyl (C=O) groups is 2. The van der Waals surface area contributed by atoms with Gasteiger partial charge in [-0.15, -0.1) is 0 Å². The van der Waals surface area contributed by atoms with Crippen LogP contribution in [-0.4, -0.2) is 38.4 Å². The summed E-state index contributed by atoms with van der Waals surface area (Å²) in [7, 11) is 3.09. The zero-order chi connectivity index (χ0) is 20.4. The molecular formula is C22H22N2O5. The molecule has 2 fully saturated rings. The maximum atomic E-state index is 13.0. The van der Waals surface area contributed by atoms with Gasteiger partial charge in [0.1, 0.15) is 18.1 Å². The van der Waals surface area contributed by atoms with Gasteiger partial charge >= 0.3 is 5.97 Å². The minimum atomic E-state index is -1.06. The fourth-order valence-electron chi connectivity index (χ4n) is 3.50. The summed E-state index contributed by atoms with van der Waals surface area (Å²) in [6.07, 6.45) is 1.67. The number of cyclic esters (lactones) is 1. The van der Waals surface area contributed by atoms with E-state index in [0.717, 1.165) is 18.4 Å². The third kappa shape index (κ3) is 3.81. The highest BCUT2D eigenvalue weighted by atomic mass is 16.5. The van der Waals surface area contributed by atoms with Gasteiger partial charge in [0.15, 0.2) is 5.92 Å². The van der Waals surface area contributed by atoms with Crippen molar-refractivity contribution in [3.8, 4) is 11.5 Å². The van der Waals surface area contributed by atoms with E-state index in [4.69, 9.17) is 14.2 Å². The van der Waals surface area contributed by atoms with Crippen molar-refractivity contribution >= 4 is 23.3 Å². The Hall–Kier alpha value is -3.35. The van der Waals surface area contributed by atoms with Crippen molar-refractivity contribution in [2.45, 2.75) is 18.4 Å². The molecule has 1 saturated carbocycles. The van der Waals surface area contributed by atoms with Crippen LogP contribution in [0.1, 0.15) is 18.4 Å². The number of esters is 1. The first-order chi connectivity index (χ1) is 14.0. The second-order valence-corrected chi connectivity index (χ2v) is 7.15. The molecule has 2 aromatic carbocycles. The van der Waals surface area contributed by atoms with Crippen LogP contribution < -0.4 is 14.8 Å². The Bertz CT molecular complexity index is 944. The highest BCUT2D eigenvalue weighted by Crippen LogP contribution is 2.45. The molecule has 2 aromatic rings. The number of nitrogens with zero attached hydrogens (tertiary/aromatic N) is 1. The lowest BCUT2D eigenvalue weighted by molar-refractivity contribution is -0.145. The van der Waals surface area contributed by atoms with E-state index in [1.807, 2.05) is 30.3 Å². The van der Waals surface area contributed by atoms with Gasteiger partial charge < -0.3 is 19.5 Å². The summed E-state index contributed by atoms with van der Waals surface area (Å²) in [5, 5.41) is 3.05. The zero-order valence-corrected chi connectivity index (χ0v) is 16.3. The van der Waals surface area contributed by atoms with Gasteiger partial charge in [0.2, 0.25) is 5.91 Å². The Morgan fingerprint density at radius 3 is 2.34 bits per heavy atom. The lowest BCUT2D eigenvalue weighted by Crippen LogP contribution is -2.42. The van der Waals surface area contributed by atoms with E-state index >= 15 is 0 Å². The van der Waals surface area contributed by atoms with Gasteiger partial charge in [-0.1, -0.05) is 30.3 Å². The van der Waals surface area contributed by atoms with Crippen molar-refractivity contribution in [3.63, 3.8) is 0 Å². The van der Waals surface area contributed by atoms with Crippen molar-refractivity contribution in [3.05, 3.63) is 54.1 Å². The summed E-state index contributed by atoms with van der Waals surface area (Å²) < 4.78 is 15.6. The molecule has 0 bridgehead atoms. The van der Waals surface area contributed by atoms with Crippen LogP contribution in [0.5, 0.6) is 11.5 Å². The van der Waals surface area contributed by atoms with Gasteiger partial charge in [-0.25, -0.2) is 0 Å². The van der Waals surface area contributed by atoms with Crippen molar-refractivity contribution in [1.82, 2.24) is 5.32 Å². The monoisotopic (exact) mass is 394 g/mol. The van der Waals surface area contributed by atoms with E-state index in [1.54, 1.807) is 32.4 Å². The third-order valence-electron chi connectivity index (χ3n) is 5.24. The van der Waals surface area contributed by atoms with Crippen molar-refractivity contribution in [1.29, 1.82) is 0 Å². The maximum absolute atomic E-state index is 13.0. The number of hydrogen-bond donors (Lipinski definition) is 1. The molecule has 1 aliphatic heterocycles. The standard InChI is InChI=1S/C22H22N2O5/c1-27-16-10-15(11-17(12-16)28-2)23-18-13-29-21(26)19(18)20(25)24-22(8-9-22)14-6-4-3-5-7-14/h3-7,10-12,19H,8-9,13H2,1-2H3,(H,24,25). The fourth-order valence-corrected chi connectivity index (χ4v) is 3.50. The number of aliphatic imine (C=N–C) groups is 1. The Balaban J connectivity index is 1.59. The number of carbonyl (C=O) groups excluding carboxylic acids is 2. The van der Waals surface area contributed by atoms with Crippen LogP contribution in [0.25, 0.3) is 0 Å². The molecule has 1 amide bonds. The fraction of sp³-hybridized carbons (Fsp3) is 0.318. The average Bonchev–Trinajstić information content (AvgIpc) is 3.43. The zero-order valence-electron chi connectivity index (χ0n) is 16.3. The molecule has 1 aliphatic carbocycles. The minimum absolute atomic E-state index is 0.0191. The van der Waals surface area contributed by atoms with Gasteiger partial charge in [-0.05, 0) is 18.4 Å². The summed E-state index contributed by atoms with van der Waals surface area (Å²) in [6, 6.07) is 14.9. The molecule has 0 spiro atoms. The first kappa shape index (κ1) is 19.0. The number of ether oxygens (including phenoxy) is 3. The largest absolute Gasteiger partial charge is 0.497 e. The van der Waals surface area contributed by atoms with Gasteiger partial charge in [0, 0.05) is 18.2 Å². The van der Waals surface area contributed by atoms with Crippen LogP contribution in [0.4, 0.5) is 5.69 Å². The Morgan fingerprint density at radius 2 is 1.76 bits per heavy atom. The molecule has 1 N–H and O–H groups in total. The normalized spacial score (nSPS) is 20.8. The molecule has 29 heavy (non-hydrogen) atoms. The highest BCUT2D eigenvalue weighted by Gasteiger charge is 2.49. The molecule has 1 atom stereocenters. The van der Waals surface area contributed by atoms with Crippen LogP contribution in [-0.2, 0) is 19.9 Å². The smallest absolute Gasteiger partial charge is 0.324 e. The number of rotatable bonds is 6. The highest BCUT2D eigenvalue weighted by molar-refractivity contribution is 6.22. The molecule has 4 rings (SSSR count). The van der Waals surface area contributed by atoms with E-state index in [0.29, 0.717) is 22.9 Å². The number of methoxy groups -OCH3 is 2. The molecule has 7 heteroatoms. The summed E-state index contributed by atoms with van der Waals surface area (Å²) in [6.45, 7) is -0.0191. The molecular weight excluding hydrogens is 372 g/mol. The second-order valence-electron chi connectivity index (χ2n) is 7.15. The lowest BCUT2D eigenvalue weighted by atomic mass is 10.0. The Labute approximate surface area is 168 Å². The predicted molar refractivity (Wildman–Crippen MR) is 107 cm³/mol. The molecule has 1 unspecified atom stereocenters. The number of nitrogens with one attached hydrogen (secondary N) is 1. The lowest BCUT2D eigenvalue weighted by Gasteiger charge is -2.19. The van der Waals surface area contributed by atoms with Crippen LogP contribution >= 0.6 is 0 Å². The summed E-state index contributed by atoms with van der Waals surface area (Å²) in [4.78, 5) is 29.8. The number of amides is 1. The van der Waals surface area contributed by atoms with E-state index in [-0.39, 0.29) is 12.5 Å². The Morgan fingerprint density at radius 1 is 1.10 bits per heavy atom. The quantitative estimate of drug-likeness (QED) is 0.601. The minimum Gasteiger partial charge on any atom is -0.497 e. The van der Waals surface area contributed by atoms with Crippen molar-refractivity contribution in [2.75, 3.05) is 20.8 Å². The van der Waals surface area contributed by atoms with Gasteiger partial charge in [-0.3, -0.25) is 14.6 Å². The first-order valence-corrected chi connectivity index (χ1v) is 9.39. The SMILES string of the molecule is COc1cc(N=C2COC(=O)C2C(=O)NC2(c3ccccc3)CC2)cc(OC)c1. The molecule has 1 saturated heterocycles. The van der Waals surface area contributed by atoms with E-state index in [2.05, 4.69) is 10.3 Å². The summed E-state index contributed by atoms with van der Waals surface area (Å²) in [5.74, 6) is -0.900. The molecule has 0 radical (unpaired) electrons. The Kier molecular flexibility index (Phi) is 4.96. The van der Waals surface area contributed by atoms with Gasteiger partial charge in [-0.2, -0.15) is 0 Å². The van der Waals surface area contributed by atoms with Gasteiger partial charge in [0.25, 0.3) is 0 Å². The molecule has 1 heterocycles. The molecule has 150 valence electrons. The van der Waals surface area contributed by atoms with Crippen LogP contribution in [0.3, 0.4) is 0 Å². The van der Waals surface area contributed by atoms with E-state index in [1.165, 1.54) is 0 Å². The number of benzene rings is 2. The maximum Gasteiger partial charge on any atom is 0.324 e. The average molecular weight is 394 g/mol. The second kappa shape index (κ2) is 7.58. The van der Waals surface area contributed by atoms with Crippen LogP contribution in [0, 0.1) is 5.92 Å². The number of hydrogen-bond acceptors (Lipinski definition) is 6. The van der Waals surface area contributed by atoms with E-state index in [9.17, 15) is 9.59 Å². The molecule has 2 aliphatic rings. The molecule has 7 nitrogen and oxygen atoms in total. The summed E-state index contributed by atoms with van der Waals surface area (Å²) >= 11 is 0. The topological polar surface area (TPSA) is 86.2 Å². The molecule has 0 aromatic heterocycles. The van der Waals surface area contributed by atoms with E-state index < -0.39 is 17.4 Å². The predicted octanol–water partition coefficient (Wildman–Crippen LogP) is 2.75. The van der Waals surface area contributed by atoms with Crippen LogP contribution in [0.2, 0.25) is 0 Å².